The van der Waals surface area contributed by atoms with Crippen molar-refractivity contribution in [3.8, 4) is 11.1 Å². The zero-order valence-electron chi connectivity index (χ0n) is 22.4. The zero-order valence-corrected chi connectivity index (χ0v) is 22.4. The largest absolute Gasteiger partial charge is 0.458 e. The van der Waals surface area contributed by atoms with Crippen LogP contribution in [0.1, 0.15) is 43.4 Å². The molecule has 0 aliphatic heterocycles. The van der Waals surface area contributed by atoms with E-state index in [9.17, 15) is 9.59 Å². The van der Waals surface area contributed by atoms with Crippen LogP contribution in [0.25, 0.3) is 11.1 Å². The molecule has 1 aliphatic rings. The van der Waals surface area contributed by atoms with Crippen molar-refractivity contribution in [1.29, 1.82) is 0 Å². The highest BCUT2D eigenvalue weighted by atomic mass is 16.6. The smallest absolute Gasteiger partial charge is 0.410 e. The van der Waals surface area contributed by atoms with Gasteiger partial charge >= 0.3 is 12.1 Å². The van der Waals surface area contributed by atoms with Gasteiger partial charge in [0.15, 0.2) is 0 Å². The first-order chi connectivity index (χ1) is 17.5. The first-order valence-electron chi connectivity index (χ1n) is 12.5. The molecule has 0 radical (unpaired) electrons. The number of benzene rings is 2. The van der Waals surface area contributed by atoms with Gasteiger partial charge in [0.25, 0.3) is 0 Å². The second kappa shape index (κ2) is 10.6. The number of nitrogens with zero attached hydrogens (tertiary/aromatic N) is 3. The van der Waals surface area contributed by atoms with Gasteiger partial charge in [-0.3, -0.25) is 4.90 Å². The maximum absolute atomic E-state index is 13.3. The van der Waals surface area contributed by atoms with Gasteiger partial charge in [0.05, 0.1) is 0 Å². The summed E-state index contributed by atoms with van der Waals surface area (Å²) in [6.45, 7) is 5.61. The Balaban J connectivity index is 1.53. The summed E-state index contributed by atoms with van der Waals surface area (Å²) in [5, 5.41) is 0. The number of rotatable bonds is 7. The highest BCUT2D eigenvalue weighted by Crippen LogP contribution is 2.44. The first-order valence-corrected chi connectivity index (χ1v) is 12.5. The number of aromatic nitrogens is 1. The number of anilines is 1. The third kappa shape index (κ3) is 5.93. The molecule has 0 saturated carbocycles. The Morgan fingerprint density at radius 3 is 2.11 bits per heavy atom. The number of pyridine rings is 1. The maximum Gasteiger partial charge on any atom is 0.410 e. The van der Waals surface area contributed by atoms with Gasteiger partial charge in [0.2, 0.25) is 0 Å². The van der Waals surface area contributed by atoms with Crippen molar-refractivity contribution in [3.63, 3.8) is 0 Å². The van der Waals surface area contributed by atoms with Crippen LogP contribution < -0.4 is 4.90 Å². The fourth-order valence-electron chi connectivity index (χ4n) is 4.63. The van der Waals surface area contributed by atoms with E-state index >= 15 is 0 Å². The fraction of sp³-hybridized carbons (Fsp3) is 0.367. The summed E-state index contributed by atoms with van der Waals surface area (Å²) in [6, 6.07) is 19.3. The number of ether oxygens (including phenoxy) is 2. The van der Waals surface area contributed by atoms with E-state index < -0.39 is 23.7 Å². The quantitative estimate of drug-likeness (QED) is 0.410. The fourth-order valence-corrected chi connectivity index (χ4v) is 4.63. The Bertz CT molecular complexity index is 1240. The minimum absolute atomic E-state index is 0.0624. The lowest BCUT2D eigenvalue weighted by molar-refractivity contribution is -0.160. The van der Waals surface area contributed by atoms with Crippen LogP contribution in [0.15, 0.2) is 66.9 Å². The van der Waals surface area contributed by atoms with Crippen LogP contribution in [-0.2, 0) is 20.7 Å². The second-order valence-electron chi connectivity index (χ2n) is 10.6. The predicted octanol–water partition coefficient (Wildman–Crippen LogP) is 5.28. The van der Waals surface area contributed by atoms with Crippen LogP contribution in [0.5, 0.6) is 0 Å². The van der Waals surface area contributed by atoms with Crippen molar-refractivity contribution in [1.82, 2.24) is 9.88 Å². The SMILES string of the molecule is CN(C)c1cc(CC(C(=O)OC(C)(C)C)N(C)C(=O)OCC2c3ccccc3-c3ccccc32)ccn1. The lowest BCUT2D eigenvalue weighted by Crippen LogP contribution is -2.47. The van der Waals surface area contributed by atoms with Crippen LogP contribution in [0.2, 0.25) is 0 Å². The van der Waals surface area contributed by atoms with Crippen molar-refractivity contribution >= 4 is 17.9 Å². The summed E-state index contributed by atoms with van der Waals surface area (Å²) >= 11 is 0. The highest BCUT2D eigenvalue weighted by molar-refractivity contribution is 5.82. The van der Waals surface area contributed by atoms with Crippen LogP contribution >= 0.6 is 0 Å². The number of likely N-dealkylation sites (N-methyl/N-ethyl adjacent to an activating group) is 1. The lowest BCUT2D eigenvalue weighted by atomic mass is 9.98. The van der Waals surface area contributed by atoms with Crippen molar-refractivity contribution in [2.75, 3.05) is 32.6 Å². The van der Waals surface area contributed by atoms with Crippen LogP contribution in [0.4, 0.5) is 10.6 Å². The van der Waals surface area contributed by atoms with E-state index in [-0.39, 0.29) is 18.9 Å². The number of amides is 1. The Morgan fingerprint density at radius 2 is 1.54 bits per heavy atom. The molecular weight excluding hydrogens is 466 g/mol. The van der Waals surface area contributed by atoms with Crippen LogP contribution in [-0.4, -0.2) is 61.3 Å². The Morgan fingerprint density at radius 1 is 0.946 bits per heavy atom. The summed E-state index contributed by atoms with van der Waals surface area (Å²) in [7, 11) is 5.39. The van der Waals surface area contributed by atoms with Gasteiger partial charge in [-0.15, -0.1) is 0 Å². The Labute approximate surface area is 219 Å². The molecule has 0 fully saturated rings. The minimum Gasteiger partial charge on any atom is -0.458 e. The first kappa shape index (κ1) is 26.2. The molecular formula is C30H35N3O4. The highest BCUT2D eigenvalue weighted by Gasteiger charge is 2.34. The second-order valence-corrected chi connectivity index (χ2v) is 10.6. The summed E-state index contributed by atoms with van der Waals surface area (Å²) < 4.78 is 11.5. The molecule has 0 saturated heterocycles. The molecule has 0 spiro atoms. The molecule has 1 amide bonds. The molecule has 1 atom stereocenters. The van der Waals surface area contributed by atoms with Gasteiger partial charge in [-0.1, -0.05) is 48.5 Å². The zero-order chi connectivity index (χ0) is 26.7. The van der Waals surface area contributed by atoms with E-state index in [1.807, 2.05) is 76.2 Å². The summed E-state index contributed by atoms with van der Waals surface area (Å²) in [4.78, 5) is 34.1. The number of esters is 1. The van der Waals surface area contributed by atoms with E-state index in [2.05, 4.69) is 29.2 Å². The molecule has 1 aliphatic carbocycles. The lowest BCUT2D eigenvalue weighted by Gasteiger charge is -2.30. The Hall–Kier alpha value is -3.87. The minimum atomic E-state index is -0.854. The molecule has 0 N–H and O–H groups in total. The van der Waals surface area contributed by atoms with E-state index in [1.165, 1.54) is 4.90 Å². The molecule has 3 aromatic rings. The molecule has 1 unspecified atom stereocenters. The van der Waals surface area contributed by atoms with Gasteiger partial charge in [-0.2, -0.15) is 0 Å². The van der Waals surface area contributed by atoms with Gasteiger partial charge in [0.1, 0.15) is 24.1 Å². The summed E-state index contributed by atoms with van der Waals surface area (Å²) in [5.74, 6) is 0.225. The third-order valence-corrected chi connectivity index (χ3v) is 6.47. The molecule has 2 aromatic carbocycles. The normalized spacial score (nSPS) is 13.4. The summed E-state index contributed by atoms with van der Waals surface area (Å²) in [5.41, 5.74) is 4.77. The van der Waals surface area contributed by atoms with Gasteiger partial charge in [-0.25, -0.2) is 14.6 Å². The van der Waals surface area contributed by atoms with Crippen LogP contribution in [0, 0.1) is 0 Å². The molecule has 4 rings (SSSR count). The topological polar surface area (TPSA) is 72.0 Å². The average molecular weight is 502 g/mol. The number of carbonyl (C=O) groups excluding carboxylic acids is 2. The molecule has 194 valence electrons. The number of carbonyl (C=O) groups is 2. The van der Waals surface area contributed by atoms with Crippen molar-refractivity contribution in [2.45, 2.75) is 44.8 Å². The molecule has 37 heavy (non-hydrogen) atoms. The van der Waals surface area contributed by atoms with Crippen molar-refractivity contribution < 1.29 is 19.1 Å². The molecule has 1 aromatic heterocycles. The van der Waals surface area contributed by atoms with Crippen LogP contribution in [0.3, 0.4) is 0 Å². The molecule has 7 nitrogen and oxygen atoms in total. The van der Waals surface area contributed by atoms with E-state index in [4.69, 9.17) is 9.47 Å². The van der Waals surface area contributed by atoms with Crippen molar-refractivity contribution in [3.05, 3.63) is 83.6 Å². The number of hydrogen-bond acceptors (Lipinski definition) is 6. The van der Waals surface area contributed by atoms with E-state index in [0.29, 0.717) is 0 Å². The van der Waals surface area contributed by atoms with Gasteiger partial charge in [-0.05, 0) is 60.7 Å². The van der Waals surface area contributed by atoms with Gasteiger partial charge < -0.3 is 14.4 Å². The van der Waals surface area contributed by atoms with Crippen molar-refractivity contribution in [2.24, 2.45) is 0 Å². The van der Waals surface area contributed by atoms with Gasteiger partial charge in [0, 0.05) is 39.7 Å². The molecule has 1 heterocycles. The summed E-state index contributed by atoms with van der Waals surface area (Å²) in [6.07, 6.45) is 1.41. The monoisotopic (exact) mass is 501 g/mol. The van der Waals surface area contributed by atoms with E-state index in [1.54, 1.807) is 13.2 Å². The third-order valence-electron chi connectivity index (χ3n) is 6.47. The van der Waals surface area contributed by atoms with E-state index in [0.717, 1.165) is 33.6 Å². The average Bonchev–Trinajstić information content (AvgIpc) is 3.18. The molecule has 0 bridgehead atoms. The number of fused-ring (bicyclic) bond motifs is 3. The maximum atomic E-state index is 13.3. The predicted molar refractivity (Wildman–Crippen MR) is 145 cm³/mol. The standard InChI is InChI=1S/C30H35N3O4/c1-30(2,3)37-28(34)26(17-20-15-16-31-27(18-20)32(4)5)33(6)29(35)36-19-25-23-13-9-7-11-21(23)22-12-8-10-14-24(22)25/h7-16,18,25-26H,17,19H2,1-6H3. The number of hydrogen-bond donors (Lipinski definition) is 0. The Kier molecular flexibility index (Phi) is 7.52. The molecule has 7 heteroatoms.